The number of nitrogens with one attached hydrogen (secondary N) is 1. The highest BCUT2D eigenvalue weighted by molar-refractivity contribution is 5.81. The Bertz CT molecular complexity index is 623. The average Bonchev–Trinajstić information content (AvgIpc) is 3.26. The SMILES string of the molecule is CN(CC(=O)NC1CC1)CC(=O)N(Cc1cccc(F)c1)C(C)(C)C. The molecule has 25 heavy (non-hydrogen) atoms. The van der Waals surface area contributed by atoms with Crippen molar-refractivity contribution in [3.05, 3.63) is 35.6 Å². The summed E-state index contributed by atoms with van der Waals surface area (Å²) in [5, 5.41) is 2.92. The van der Waals surface area contributed by atoms with Crippen molar-refractivity contribution in [3.8, 4) is 0 Å². The smallest absolute Gasteiger partial charge is 0.237 e. The first-order valence-electron chi connectivity index (χ1n) is 8.68. The Balaban J connectivity index is 1.96. The van der Waals surface area contributed by atoms with Crippen molar-refractivity contribution in [2.45, 2.75) is 51.7 Å². The van der Waals surface area contributed by atoms with Crippen LogP contribution in [0, 0.1) is 5.82 Å². The number of halogens is 1. The van der Waals surface area contributed by atoms with Gasteiger partial charge in [-0.05, 0) is 58.4 Å². The van der Waals surface area contributed by atoms with Crippen molar-refractivity contribution >= 4 is 11.8 Å². The monoisotopic (exact) mass is 349 g/mol. The molecule has 2 rings (SSSR count). The molecule has 0 saturated heterocycles. The van der Waals surface area contributed by atoms with E-state index in [1.54, 1.807) is 22.9 Å². The van der Waals surface area contributed by atoms with Crippen LogP contribution in [0.4, 0.5) is 4.39 Å². The fourth-order valence-electron chi connectivity index (χ4n) is 2.64. The second kappa shape index (κ2) is 7.95. The van der Waals surface area contributed by atoms with E-state index >= 15 is 0 Å². The van der Waals surface area contributed by atoms with Crippen LogP contribution in [-0.2, 0) is 16.1 Å². The van der Waals surface area contributed by atoms with Crippen molar-refractivity contribution < 1.29 is 14.0 Å². The van der Waals surface area contributed by atoms with Crippen LogP contribution >= 0.6 is 0 Å². The summed E-state index contributed by atoms with van der Waals surface area (Å²) in [5.74, 6) is -0.448. The molecule has 2 amide bonds. The normalized spacial score (nSPS) is 14.5. The summed E-state index contributed by atoms with van der Waals surface area (Å²) >= 11 is 0. The van der Waals surface area contributed by atoms with Gasteiger partial charge < -0.3 is 10.2 Å². The van der Waals surface area contributed by atoms with Gasteiger partial charge in [0, 0.05) is 18.1 Å². The molecule has 0 unspecified atom stereocenters. The Morgan fingerprint density at radius 3 is 2.48 bits per heavy atom. The molecular weight excluding hydrogens is 321 g/mol. The van der Waals surface area contributed by atoms with Gasteiger partial charge in [0.1, 0.15) is 5.82 Å². The Morgan fingerprint density at radius 1 is 1.24 bits per heavy atom. The number of amides is 2. The van der Waals surface area contributed by atoms with E-state index in [0.29, 0.717) is 12.6 Å². The maximum atomic E-state index is 13.4. The van der Waals surface area contributed by atoms with Gasteiger partial charge >= 0.3 is 0 Å². The molecule has 5 nitrogen and oxygen atoms in total. The zero-order valence-corrected chi connectivity index (χ0v) is 15.5. The fraction of sp³-hybridized carbons (Fsp3) is 0.579. The molecule has 1 N–H and O–H groups in total. The molecule has 0 spiro atoms. The molecule has 0 radical (unpaired) electrons. The maximum Gasteiger partial charge on any atom is 0.237 e. The molecule has 6 heteroatoms. The highest BCUT2D eigenvalue weighted by atomic mass is 19.1. The van der Waals surface area contributed by atoms with E-state index < -0.39 is 5.54 Å². The van der Waals surface area contributed by atoms with Crippen LogP contribution in [0.5, 0.6) is 0 Å². The minimum absolute atomic E-state index is 0.0507. The van der Waals surface area contributed by atoms with Crippen LogP contribution in [0.1, 0.15) is 39.2 Å². The summed E-state index contributed by atoms with van der Waals surface area (Å²) in [6.45, 7) is 6.52. The van der Waals surface area contributed by atoms with Crippen molar-refractivity contribution in [1.29, 1.82) is 0 Å². The van der Waals surface area contributed by atoms with Crippen LogP contribution in [0.15, 0.2) is 24.3 Å². The first-order valence-corrected chi connectivity index (χ1v) is 8.68. The van der Waals surface area contributed by atoms with Crippen molar-refractivity contribution in [1.82, 2.24) is 15.1 Å². The summed E-state index contributed by atoms with van der Waals surface area (Å²) in [4.78, 5) is 28.1. The third-order valence-electron chi connectivity index (χ3n) is 4.10. The Kier molecular flexibility index (Phi) is 6.16. The number of rotatable bonds is 7. The molecule has 0 bridgehead atoms. The molecule has 0 aromatic heterocycles. The highest BCUT2D eigenvalue weighted by Crippen LogP contribution is 2.19. The van der Waals surface area contributed by atoms with Gasteiger partial charge in [0.25, 0.3) is 0 Å². The molecule has 138 valence electrons. The van der Waals surface area contributed by atoms with E-state index in [9.17, 15) is 14.0 Å². The predicted molar refractivity (Wildman–Crippen MR) is 95.4 cm³/mol. The quantitative estimate of drug-likeness (QED) is 0.821. The van der Waals surface area contributed by atoms with E-state index in [4.69, 9.17) is 0 Å². The maximum absolute atomic E-state index is 13.4. The molecule has 0 heterocycles. The largest absolute Gasteiger partial charge is 0.352 e. The summed E-state index contributed by atoms with van der Waals surface area (Å²) < 4.78 is 13.4. The van der Waals surface area contributed by atoms with Crippen LogP contribution in [0.25, 0.3) is 0 Å². The van der Waals surface area contributed by atoms with Gasteiger partial charge in [-0.1, -0.05) is 12.1 Å². The molecule has 0 atom stereocenters. The number of hydrogen-bond acceptors (Lipinski definition) is 3. The van der Waals surface area contributed by atoms with Gasteiger partial charge in [0.2, 0.25) is 11.8 Å². The molecule has 1 saturated carbocycles. The van der Waals surface area contributed by atoms with Crippen LogP contribution in [-0.4, -0.2) is 53.3 Å². The summed E-state index contributed by atoms with van der Waals surface area (Å²) in [6.07, 6.45) is 2.08. The number of carbonyl (C=O) groups excluding carboxylic acids is 2. The Morgan fingerprint density at radius 2 is 1.92 bits per heavy atom. The first kappa shape index (κ1) is 19.4. The third kappa shape index (κ3) is 6.46. The zero-order valence-electron chi connectivity index (χ0n) is 15.5. The lowest BCUT2D eigenvalue weighted by Crippen LogP contribution is -2.49. The third-order valence-corrected chi connectivity index (χ3v) is 4.10. The van der Waals surface area contributed by atoms with Gasteiger partial charge in [-0.2, -0.15) is 0 Å². The summed E-state index contributed by atoms with van der Waals surface area (Å²) in [7, 11) is 1.76. The Hall–Kier alpha value is -1.95. The second-order valence-corrected chi connectivity index (χ2v) is 7.79. The molecule has 1 aliphatic carbocycles. The van der Waals surface area contributed by atoms with Crippen molar-refractivity contribution in [2.75, 3.05) is 20.1 Å². The van der Waals surface area contributed by atoms with E-state index in [1.807, 2.05) is 26.8 Å². The summed E-state index contributed by atoms with van der Waals surface area (Å²) in [5.41, 5.74) is 0.345. The van der Waals surface area contributed by atoms with Gasteiger partial charge in [0.05, 0.1) is 13.1 Å². The van der Waals surface area contributed by atoms with Gasteiger partial charge in [0.15, 0.2) is 0 Å². The standard InChI is InChI=1S/C19H28FN3O2/c1-19(2,3)23(11-14-6-5-7-15(20)10-14)18(25)13-22(4)12-17(24)21-16-8-9-16/h5-7,10,16H,8-9,11-13H2,1-4H3,(H,21,24). The number of carbonyl (C=O) groups is 2. The van der Waals surface area contributed by atoms with E-state index in [0.717, 1.165) is 18.4 Å². The molecule has 1 aliphatic rings. The minimum atomic E-state index is -0.402. The van der Waals surface area contributed by atoms with Gasteiger partial charge in [-0.25, -0.2) is 4.39 Å². The lowest BCUT2D eigenvalue weighted by Gasteiger charge is -2.37. The van der Waals surface area contributed by atoms with Gasteiger partial charge in [-0.15, -0.1) is 0 Å². The zero-order chi connectivity index (χ0) is 18.6. The van der Waals surface area contributed by atoms with Crippen LogP contribution in [0.3, 0.4) is 0 Å². The first-order chi connectivity index (χ1) is 11.6. The molecule has 1 aromatic carbocycles. The molecule has 1 fully saturated rings. The lowest BCUT2D eigenvalue weighted by atomic mass is 10.0. The average molecular weight is 349 g/mol. The summed E-state index contributed by atoms with van der Waals surface area (Å²) in [6, 6.07) is 6.60. The minimum Gasteiger partial charge on any atom is -0.352 e. The highest BCUT2D eigenvalue weighted by Gasteiger charge is 2.28. The van der Waals surface area contributed by atoms with Crippen LogP contribution in [0.2, 0.25) is 0 Å². The van der Waals surface area contributed by atoms with E-state index in [-0.39, 0.29) is 30.7 Å². The Labute approximate surface area is 149 Å². The molecule has 1 aromatic rings. The number of nitrogens with zero attached hydrogens (tertiary/aromatic N) is 2. The second-order valence-electron chi connectivity index (χ2n) is 7.79. The number of likely N-dealkylation sites (N-methyl/N-ethyl adjacent to an activating group) is 1. The number of benzene rings is 1. The predicted octanol–water partition coefficient (Wildman–Crippen LogP) is 2.16. The fourth-order valence-corrected chi connectivity index (χ4v) is 2.64. The van der Waals surface area contributed by atoms with Crippen molar-refractivity contribution in [3.63, 3.8) is 0 Å². The van der Waals surface area contributed by atoms with Gasteiger partial charge in [-0.3, -0.25) is 14.5 Å². The topological polar surface area (TPSA) is 52.7 Å². The van der Waals surface area contributed by atoms with Crippen LogP contribution < -0.4 is 5.32 Å². The molecule has 0 aliphatic heterocycles. The lowest BCUT2D eigenvalue weighted by molar-refractivity contribution is -0.138. The number of hydrogen-bond donors (Lipinski definition) is 1. The van der Waals surface area contributed by atoms with E-state index in [2.05, 4.69) is 5.32 Å². The van der Waals surface area contributed by atoms with Crippen molar-refractivity contribution in [2.24, 2.45) is 0 Å². The molecular formula is C19H28FN3O2. The van der Waals surface area contributed by atoms with E-state index in [1.165, 1.54) is 12.1 Å².